The van der Waals surface area contributed by atoms with E-state index in [1.54, 1.807) is 5.01 Å². The van der Waals surface area contributed by atoms with Crippen molar-refractivity contribution in [1.29, 1.82) is 0 Å². The van der Waals surface area contributed by atoms with Gasteiger partial charge in [-0.3, -0.25) is 15.5 Å². The quantitative estimate of drug-likeness (QED) is 0.605. The van der Waals surface area contributed by atoms with Gasteiger partial charge in [-0.25, -0.2) is 5.01 Å². The Balaban J connectivity index is 1.88. The van der Waals surface area contributed by atoms with Crippen LogP contribution in [0.15, 0.2) is 0 Å². The molecule has 0 aromatic rings. The van der Waals surface area contributed by atoms with E-state index in [1.165, 1.54) is 0 Å². The molecule has 2 N–H and O–H groups in total. The van der Waals surface area contributed by atoms with E-state index in [9.17, 15) is 4.79 Å². The predicted molar refractivity (Wildman–Crippen MR) is 51.5 cm³/mol. The molecule has 14 heavy (non-hydrogen) atoms. The predicted octanol–water partition coefficient (Wildman–Crippen LogP) is -0.901. The second-order valence-corrected chi connectivity index (χ2v) is 4.05. The Morgan fingerprint density at radius 3 is 2.93 bits per heavy atom. The lowest BCUT2D eigenvalue weighted by atomic mass is 10.1. The van der Waals surface area contributed by atoms with Gasteiger partial charge >= 0.3 is 0 Å². The highest BCUT2D eigenvalue weighted by Crippen LogP contribution is 2.14. The highest BCUT2D eigenvalue weighted by atomic mass is 16.5. The summed E-state index contributed by atoms with van der Waals surface area (Å²) in [4.78, 5) is 11.4. The van der Waals surface area contributed by atoms with Crippen molar-refractivity contribution in [3.05, 3.63) is 0 Å². The van der Waals surface area contributed by atoms with E-state index in [1.807, 2.05) is 14.0 Å². The molecular weight excluding hydrogens is 182 g/mol. The van der Waals surface area contributed by atoms with Crippen LogP contribution in [0.2, 0.25) is 0 Å². The van der Waals surface area contributed by atoms with Crippen molar-refractivity contribution in [2.75, 3.05) is 20.2 Å². The minimum atomic E-state index is -0.0888. The molecular formula is C9H17N3O2. The van der Waals surface area contributed by atoms with E-state index in [4.69, 9.17) is 4.74 Å². The number of nitrogens with one attached hydrogen (secondary N) is 2. The first-order valence-electron chi connectivity index (χ1n) is 5.06. The summed E-state index contributed by atoms with van der Waals surface area (Å²) in [6.45, 7) is 3.56. The normalized spacial score (nSPS) is 39.0. The summed E-state index contributed by atoms with van der Waals surface area (Å²) < 4.78 is 5.43. The third kappa shape index (κ3) is 1.89. The highest BCUT2D eigenvalue weighted by Gasteiger charge is 2.33. The van der Waals surface area contributed by atoms with E-state index >= 15 is 0 Å². The largest absolute Gasteiger partial charge is 0.377 e. The number of rotatable bonds is 2. The van der Waals surface area contributed by atoms with Gasteiger partial charge in [-0.2, -0.15) is 0 Å². The van der Waals surface area contributed by atoms with Crippen molar-refractivity contribution in [2.24, 2.45) is 0 Å². The van der Waals surface area contributed by atoms with Crippen molar-refractivity contribution in [3.8, 4) is 0 Å². The first-order chi connectivity index (χ1) is 6.66. The number of nitrogens with zero attached hydrogens (tertiary/aromatic N) is 1. The minimum Gasteiger partial charge on any atom is -0.377 e. The number of ether oxygens (including phenoxy) is 1. The van der Waals surface area contributed by atoms with E-state index in [-0.39, 0.29) is 18.1 Å². The van der Waals surface area contributed by atoms with Gasteiger partial charge in [-0.1, -0.05) is 0 Å². The molecule has 80 valence electrons. The number of carbonyl (C=O) groups excluding carboxylic acids is 1. The Kier molecular flexibility index (Phi) is 2.71. The molecule has 2 heterocycles. The zero-order valence-corrected chi connectivity index (χ0v) is 8.62. The lowest BCUT2D eigenvalue weighted by Gasteiger charge is -2.19. The summed E-state index contributed by atoms with van der Waals surface area (Å²) in [7, 11) is 1.87. The van der Waals surface area contributed by atoms with Crippen LogP contribution in [0.4, 0.5) is 0 Å². The fourth-order valence-electron chi connectivity index (χ4n) is 2.01. The molecule has 0 aliphatic carbocycles. The molecule has 2 saturated heterocycles. The van der Waals surface area contributed by atoms with Crippen LogP contribution in [0.3, 0.4) is 0 Å². The average molecular weight is 199 g/mol. The molecule has 0 aromatic heterocycles. The molecule has 3 atom stereocenters. The van der Waals surface area contributed by atoms with Gasteiger partial charge in [-0.15, -0.1) is 0 Å². The SMILES string of the molecule is CC1OCCC1NC1CN(C)NC1=O. The summed E-state index contributed by atoms with van der Waals surface area (Å²) >= 11 is 0. The number of amides is 1. The molecule has 2 fully saturated rings. The molecule has 3 unspecified atom stereocenters. The van der Waals surface area contributed by atoms with E-state index < -0.39 is 0 Å². The smallest absolute Gasteiger partial charge is 0.252 e. The van der Waals surface area contributed by atoms with E-state index in [2.05, 4.69) is 10.7 Å². The maximum Gasteiger partial charge on any atom is 0.252 e. The first kappa shape index (κ1) is 9.89. The Morgan fingerprint density at radius 1 is 1.64 bits per heavy atom. The monoisotopic (exact) mass is 199 g/mol. The number of carbonyl (C=O) groups is 1. The van der Waals surface area contributed by atoms with Gasteiger partial charge in [0.2, 0.25) is 0 Å². The van der Waals surface area contributed by atoms with E-state index in [0.717, 1.165) is 19.6 Å². The number of hydrogen-bond donors (Lipinski definition) is 2. The molecule has 2 aliphatic heterocycles. The van der Waals surface area contributed by atoms with Crippen molar-refractivity contribution in [2.45, 2.75) is 31.5 Å². The van der Waals surface area contributed by atoms with Gasteiger partial charge in [0.15, 0.2) is 0 Å². The lowest BCUT2D eigenvalue weighted by Crippen LogP contribution is -2.46. The third-order valence-electron chi connectivity index (χ3n) is 2.87. The van der Waals surface area contributed by atoms with Crippen LogP contribution in [0.5, 0.6) is 0 Å². The Bertz CT molecular complexity index is 234. The van der Waals surface area contributed by atoms with Gasteiger partial charge < -0.3 is 4.74 Å². The van der Waals surface area contributed by atoms with Crippen molar-refractivity contribution in [3.63, 3.8) is 0 Å². The van der Waals surface area contributed by atoms with Gasteiger partial charge in [0.1, 0.15) is 6.04 Å². The maximum atomic E-state index is 11.4. The summed E-state index contributed by atoms with van der Waals surface area (Å²) in [6, 6.07) is 0.228. The van der Waals surface area contributed by atoms with Gasteiger partial charge in [0, 0.05) is 26.2 Å². The maximum absolute atomic E-state index is 11.4. The fourth-order valence-corrected chi connectivity index (χ4v) is 2.01. The molecule has 2 rings (SSSR count). The molecule has 0 aromatic carbocycles. The van der Waals surface area contributed by atoms with Crippen LogP contribution in [0.1, 0.15) is 13.3 Å². The summed E-state index contributed by atoms with van der Waals surface area (Å²) in [5.41, 5.74) is 2.75. The first-order valence-corrected chi connectivity index (χ1v) is 5.06. The molecule has 5 nitrogen and oxygen atoms in total. The highest BCUT2D eigenvalue weighted by molar-refractivity contribution is 5.83. The molecule has 0 spiro atoms. The zero-order chi connectivity index (χ0) is 10.1. The third-order valence-corrected chi connectivity index (χ3v) is 2.87. The van der Waals surface area contributed by atoms with Crippen LogP contribution in [0.25, 0.3) is 0 Å². The van der Waals surface area contributed by atoms with Gasteiger partial charge in [0.05, 0.1) is 6.10 Å². The fraction of sp³-hybridized carbons (Fsp3) is 0.889. The van der Waals surface area contributed by atoms with E-state index in [0.29, 0.717) is 6.04 Å². The number of hydrogen-bond acceptors (Lipinski definition) is 4. The second kappa shape index (κ2) is 3.84. The minimum absolute atomic E-state index is 0.0617. The van der Waals surface area contributed by atoms with Crippen molar-refractivity contribution >= 4 is 5.91 Å². The van der Waals surface area contributed by atoms with Crippen molar-refractivity contribution < 1.29 is 9.53 Å². The lowest BCUT2D eigenvalue weighted by molar-refractivity contribution is -0.122. The molecule has 0 saturated carbocycles. The zero-order valence-electron chi connectivity index (χ0n) is 8.62. The molecule has 2 aliphatic rings. The topological polar surface area (TPSA) is 53.6 Å². The van der Waals surface area contributed by atoms with Gasteiger partial charge in [-0.05, 0) is 13.3 Å². The summed E-state index contributed by atoms with van der Waals surface area (Å²) in [6.07, 6.45) is 1.21. The molecule has 0 radical (unpaired) electrons. The molecule has 0 bridgehead atoms. The Labute approximate surface area is 83.8 Å². The Hall–Kier alpha value is -0.650. The number of likely N-dealkylation sites (N-methyl/N-ethyl adjacent to an activating group) is 1. The molecule has 5 heteroatoms. The molecule has 1 amide bonds. The Morgan fingerprint density at radius 2 is 2.43 bits per heavy atom. The standard InChI is InChI=1S/C9H17N3O2/c1-6-7(3-4-14-6)10-8-5-12(2)11-9(8)13/h6-8,10H,3-5H2,1-2H3,(H,11,13). The van der Waals surface area contributed by atoms with Crippen molar-refractivity contribution in [1.82, 2.24) is 15.8 Å². The van der Waals surface area contributed by atoms with Crippen LogP contribution >= 0.6 is 0 Å². The summed E-state index contributed by atoms with van der Waals surface area (Å²) in [5.74, 6) is 0.0617. The van der Waals surface area contributed by atoms with Gasteiger partial charge in [0.25, 0.3) is 5.91 Å². The number of hydrazine groups is 1. The van der Waals surface area contributed by atoms with Crippen LogP contribution < -0.4 is 10.7 Å². The second-order valence-electron chi connectivity index (χ2n) is 4.05. The van der Waals surface area contributed by atoms with Crippen LogP contribution in [-0.4, -0.2) is 49.3 Å². The van der Waals surface area contributed by atoms with Crippen LogP contribution in [-0.2, 0) is 9.53 Å². The van der Waals surface area contributed by atoms with Crippen LogP contribution in [0, 0.1) is 0 Å². The average Bonchev–Trinajstić information content (AvgIpc) is 2.62. The summed E-state index contributed by atoms with van der Waals surface area (Å²) in [5, 5.41) is 5.14.